The molecule has 0 radical (unpaired) electrons. The minimum atomic E-state index is -0.156. The molecule has 1 aliphatic rings. The van der Waals surface area contributed by atoms with E-state index < -0.39 is 0 Å². The van der Waals surface area contributed by atoms with Crippen LogP contribution < -0.4 is 5.32 Å². The number of fused-ring (bicyclic) bond motifs is 3. The molecule has 6 heteroatoms. The lowest BCUT2D eigenvalue weighted by atomic mass is 10.1. The highest BCUT2D eigenvalue weighted by molar-refractivity contribution is 5.95. The summed E-state index contributed by atoms with van der Waals surface area (Å²) in [5.41, 5.74) is 3.98. The van der Waals surface area contributed by atoms with Crippen molar-refractivity contribution in [3.63, 3.8) is 0 Å². The minimum Gasteiger partial charge on any atom is -0.432 e. The molecule has 6 nitrogen and oxygen atoms in total. The SMILES string of the molecule is O=C(Nc1c(-c2ccc3ccccc3c2)nc2occn12)N1Cc2ccccc2C1. The zero-order valence-corrected chi connectivity index (χ0v) is 16.1. The second kappa shape index (κ2) is 6.49. The first-order chi connectivity index (χ1) is 14.8. The number of nitrogens with zero attached hydrogens (tertiary/aromatic N) is 3. The second-order valence-electron chi connectivity index (χ2n) is 7.48. The Bertz CT molecular complexity index is 1390. The van der Waals surface area contributed by atoms with Crippen molar-refractivity contribution in [2.24, 2.45) is 0 Å². The van der Waals surface area contributed by atoms with E-state index >= 15 is 0 Å². The predicted octanol–water partition coefficient (Wildman–Crippen LogP) is 5.30. The van der Waals surface area contributed by atoms with Crippen molar-refractivity contribution >= 4 is 28.5 Å². The van der Waals surface area contributed by atoms with Crippen molar-refractivity contribution in [2.75, 3.05) is 5.32 Å². The first-order valence-electron chi connectivity index (χ1n) is 9.84. The van der Waals surface area contributed by atoms with Crippen molar-refractivity contribution in [2.45, 2.75) is 13.1 Å². The van der Waals surface area contributed by atoms with Gasteiger partial charge in [0.1, 0.15) is 17.8 Å². The summed E-state index contributed by atoms with van der Waals surface area (Å²) in [5, 5.41) is 5.34. The number of urea groups is 1. The highest BCUT2D eigenvalue weighted by Crippen LogP contribution is 2.32. The molecular formula is C24H18N4O2. The second-order valence-corrected chi connectivity index (χ2v) is 7.48. The van der Waals surface area contributed by atoms with Gasteiger partial charge in [-0.05, 0) is 28.0 Å². The van der Waals surface area contributed by atoms with E-state index in [0.29, 0.717) is 30.4 Å². The van der Waals surface area contributed by atoms with Gasteiger partial charge in [0.15, 0.2) is 0 Å². The van der Waals surface area contributed by atoms with Crippen LogP contribution in [0.2, 0.25) is 0 Å². The van der Waals surface area contributed by atoms with Crippen molar-refractivity contribution in [1.29, 1.82) is 0 Å². The lowest BCUT2D eigenvalue weighted by Crippen LogP contribution is -2.30. The fourth-order valence-corrected chi connectivity index (χ4v) is 4.10. The number of benzene rings is 3. The molecule has 3 heterocycles. The van der Waals surface area contributed by atoms with E-state index in [4.69, 9.17) is 4.42 Å². The number of hydrogen-bond acceptors (Lipinski definition) is 3. The number of amides is 2. The molecule has 3 aromatic carbocycles. The first-order valence-corrected chi connectivity index (χ1v) is 9.84. The van der Waals surface area contributed by atoms with Gasteiger partial charge >= 0.3 is 11.9 Å². The minimum absolute atomic E-state index is 0.156. The average Bonchev–Trinajstić information content (AvgIpc) is 3.49. The van der Waals surface area contributed by atoms with Gasteiger partial charge in [0.2, 0.25) is 0 Å². The van der Waals surface area contributed by atoms with Crippen LogP contribution >= 0.6 is 0 Å². The summed E-state index contributed by atoms with van der Waals surface area (Å²) in [5.74, 6) is 1.05. The first kappa shape index (κ1) is 16.9. The molecule has 0 saturated carbocycles. The van der Waals surface area contributed by atoms with Crippen LogP contribution in [-0.2, 0) is 13.1 Å². The maximum absolute atomic E-state index is 13.1. The van der Waals surface area contributed by atoms with Crippen LogP contribution in [-0.4, -0.2) is 20.3 Å². The maximum Gasteiger partial charge on any atom is 0.323 e. The van der Waals surface area contributed by atoms with Crippen LogP contribution in [0.15, 0.2) is 83.6 Å². The molecule has 2 amide bonds. The fourth-order valence-electron chi connectivity index (χ4n) is 4.10. The van der Waals surface area contributed by atoms with E-state index in [1.54, 1.807) is 21.8 Å². The van der Waals surface area contributed by atoms with Crippen LogP contribution in [0.25, 0.3) is 27.9 Å². The largest absolute Gasteiger partial charge is 0.432 e. The van der Waals surface area contributed by atoms with Gasteiger partial charge in [-0.25, -0.2) is 4.79 Å². The molecular weight excluding hydrogens is 376 g/mol. The molecule has 0 unspecified atom stereocenters. The number of anilines is 1. The molecule has 2 aromatic heterocycles. The Labute approximate surface area is 172 Å². The lowest BCUT2D eigenvalue weighted by molar-refractivity contribution is 0.212. The highest BCUT2D eigenvalue weighted by Gasteiger charge is 2.25. The highest BCUT2D eigenvalue weighted by atomic mass is 16.3. The predicted molar refractivity (Wildman–Crippen MR) is 115 cm³/mol. The number of nitrogens with one attached hydrogen (secondary N) is 1. The fraction of sp³-hybridized carbons (Fsp3) is 0.0833. The molecule has 1 N–H and O–H groups in total. The zero-order chi connectivity index (χ0) is 20.1. The molecule has 1 aliphatic heterocycles. The van der Waals surface area contributed by atoms with E-state index in [0.717, 1.165) is 16.3 Å². The van der Waals surface area contributed by atoms with Gasteiger partial charge in [-0.3, -0.25) is 9.72 Å². The molecule has 0 bridgehead atoms. The van der Waals surface area contributed by atoms with Crippen LogP contribution in [0.5, 0.6) is 0 Å². The molecule has 0 fully saturated rings. The average molecular weight is 394 g/mol. The normalized spacial score (nSPS) is 13.1. The topological polar surface area (TPSA) is 62.8 Å². The third-order valence-corrected chi connectivity index (χ3v) is 5.64. The summed E-state index contributed by atoms with van der Waals surface area (Å²) >= 11 is 0. The van der Waals surface area contributed by atoms with Gasteiger partial charge in [-0.2, -0.15) is 4.98 Å². The zero-order valence-electron chi connectivity index (χ0n) is 16.1. The van der Waals surface area contributed by atoms with Crippen LogP contribution in [0, 0.1) is 0 Å². The van der Waals surface area contributed by atoms with Gasteiger partial charge in [0.25, 0.3) is 0 Å². The number of oxazole rings is 1. The van der Waals surface area contributed by atoms with Gasteiger partial charge in [-0.1, -0.05) is 60.7 Å². The summed E-state index contributed by atoms with van der Waals surface area (Å²) < 4.78 is 7.26. The molecule has 30 heavy (non-hydrogen) atoms. The standard InChI is InChI=1S/C24H18N4O2/c29-23(27-14-19-7-3-4-8-20(19)15-27)26-22-21(25-24-28(22)11-12-30-24)18-10-9-16-5-1-2-6-17(16)13-18/h1-13H,14-15H2,(H,26,29). The Balaban J connectivity index is 1.38. The van der Waals surface area contributed by atoms with Crippen LogP contribution in [0.4, 0.5) is 10.6 Å². The Morgan fingerprint density at radius 1 is 0.933 bits per heavy atom. The van der Waals surface area contributed by atoms with Gasteiger partial charge < -0.3 is 9.32 Å². The molecule has 146 valence electrons. The monoisotopic (exact) mass is 394 g/mol. The van der Waals surface area contributed by atoms with Crippen molar-refractivity contribution in [1.82, 2.24) is 14.3 Å². The summed E-state index contributed by atoms with van der Waals surface area (Å²) in [6.07, 6.45) is 3.33. The van der Waals surface area contributed by atoms with E-state index in [-0.39, 0.29) is 6.03 Å². The number of rotatable bonds is 2. The third-order valence-electron chi connectivity index (χ3n) is 5.64. The molecule has 0 spiro atoms. The number of hydrogen-bond donors (Lipinski definition) is 1. The lowest BCUT2D eigenvalue weighted by Gasteiger charge is -2.16. The third kappa shape index (κ3) is 2.65. The Morgan fingerprint density at radius 2 is 1.67 bits per heavy atom. The molecule has 5 aromatic rings. The Hall–Kier alpha value is -4.06. The van der Waals surface area contributed by atoms with Gasteiger partial charge in [-0.15, -0.1) is 0 Å². The summed E-state index contributed by atoms with van der Waals surface area (Å²) in [7, 11) is 0. The molecule has 6 rings (SSSR count). The van der Waals surface area contributed by atoms with E-state index in [1.807, 2.05) is 30.3 Å². The van der Waals surface area contributed by atoms with Crippen molar-refractivity contribution < 1.29 is 9.21 Å². The number of carbonyl (C=O) groups excluding carboxylic acids is 1. The van der Waals surface area contributed by atoms with Crippen LogP contribution in [0.1, 0.15) is 11.1 Å². The summed E-state index contributed by atoms with van der Waals surface area (Å²) in [6, 6.07) is 22.3. The number of imidazole rings is 1. The Morgan fingerprint density at radius 3 is 2.47 bits per heavy atom. The maximum atomic E-state index is 13.1. The van der Waals surface area contributed by atoms with E-state index in [1.165, 1.54) is 11.1 Å². The van der Waals surface area contributed by atoms with E-state index in [2.05, 4.69) is 46.7 Å². The molecule has 0 aliphatic carbocycles. The smallest absolute Gasteiger partial charge is 0.323 e. The van der Waals surface area contributed by atoms with Gasteiger partial charge in [0.05, 0.1) is 6.20 Å². The molecule has 0 atom stereocenters. The van der Waals surface area contributed by atoms with Crippen molar-refractivity contribution in [3.05, 3.63) is 90.3 Å². The van der Waals surface area contributed by atoms with E-state index in [9.17, 15) is 4.79 Å². The van der Waals surface area contributed by atoms with Crippen molar-refractivity contribution in [3.8, 4) is 11.3 Å². The summed E-state index contributed by atoms with van der Waals surface area (Å²) in [4.78, 5) is 19.5. The molecule has 0 saturated heterocycles. The quantitative estimate of drug-likeness (QED) is 0.442. The summed E-state index contributed by atoms with van der Waals surface area (Å²) in [6.45, 7) is 1.20. The Kier molecular flexibility index (Phi) is 3.64. The number of aromatic nitrogens is 2. The van der Waals surface area contributed by atoms with Crippen LogP contribution in [0.3, 0.4) is 0 Å². The van der Waals surface area contributed by atoms with Gasteiger partial charge in [0, 0.05) is 18.7 Å². The number of carbonyl (C=O) groups is 1.